The minimum Gasteiger partial charge on any atom is -0.507 e. The topological polar surface area (TPSA) is 67.3 Å². The Morgan fingerprint density at radius 1 is 1.00 bits per heavy atom. The molecule has 0 amide bonds. The molecule has 1 N–H and O–H groups in total. The lowest BCUT2D eigenvalue weighted by molar-refractivity contribution is 0.0971. The van der Waals surface area contributed by atoms with Gasteiger partial charge in [-0.1, -0.05) is 12.1 Å². The van der Waals surface area contributed by atoms with Gasteiger partial charge in [-0.05, 0) is 42.9 Å². The molecule has 4 rings (SSSR count). The highest BCUT2D eigenvalue weighted by Crippen LogP contribution is 2.35. The van der Waals surface area contributed by atoms with E-state index in [0.29, 0.717) is 5.56 Å². The minimum absolute atomic E-state index is 0.0817. The summed E-state index contributed by atoms with van der Waals surface area (Å²) < 4.78 is 0. The van der Waals surface area contributed by atoms with E-state index in [9.17, 15) is 14.7 Å². The van der Waals surface area contributed by atoms with Gasteiger partial charge in [-0.15, -0.1) is 0 Å². The van der Waals surface area contributed by atoms with E-state index in [2.05, 4.69) is 4.98 Å². The number of carbonyl (C=O) groups is 2. The Balaban J connectivity index is 2.03. The standard InChI is InChI=1S/C17H13NO3/c19-12-7-3-6-11-13(12)17(21)15-14(16(11)20)10-5-2-1-4-9(10)8-18-15/h3,6-8,19H,1-2,4-5H2. The number of aromatic nitrogens is 1. The molecule has 0 saturated carbocycles. The van der Waals surface area contributed by atoms with Crippen LogP contribution in [0.2, 0.25) is 0 Å². The van der Waals surface area contributed by atoms with Crippen molar-refractivity contribution >= 4 is 11.6 Å². The van der Waals surface area contributed by atoms with Crippen LogP contribution in [0, 0.1) is 0 Å². The van der Waals surface area contributed by atoms with Crippen molar-refractivity contribution in [1.29, 1.82) is 0 Å². The second kappa shape index (κ2) is 4.25. The van der Waals surface area contributed by atoms with Crippen molar-refractivity contribution in [2.24, 2.45) is 0 Å². The number of nitrogens with zero attached hydrogens (tertiary/aromatic N) is 1. The highest BCUT2D eigenvalue weighted by atomic mass is 16.3. The number of hydrogen-bond donors (Lipinski definition) is 1. The van der Waals surface area contributed by atoms with E-state index in [4.69, 9.17) is 0 Å². The zero-order valence-corrected chi connectivity index (χ0v) is 11.3. The summed E-state index contributed by atoms with van der Waals surface area (Å²) in [6, 6.07) is 4.61. The summed E-state index contributed by atoms with van der Waals surface area (Å²) in [6.07, 6.45) is 5.55. The van der Waals surface area contributed by atoms with Crippen LogP contribution in [0.25, 0.3) is 0 Å². The molecule has 0 saturated heterocycles. The van der Waals surface area contributed by atoms with Gasteiger partial charge in [-0.3, -0.25) is 14.6 Å². The number of aryl methyl sites for hydroxylation is 1. The molecule has 0 radical (unpaired) electrons. The molecule has 104 valence electrons. The Morgan fingerprint density at radius 3 is 2.67 bits per heavy atom. The Morgan fingerprint density at radius 2 is 1.81 bits per heavy atom. The quantitative estimate of drug-likeness (QED) is 0.686. The maximum atomic E-state index is 12.8. The van der Waals surface area contributed by atoms with Crippen molar-refractivity contribution in [3.63, 3.8) is 0 Å². The molecule has 0 atom stereocenters. The van der Waals surface area contributed by atoms with Crippen molar-refractivity contribution in [1.82, 2.24) is 4.98 Å². The number of pyridine rings is 1. The van der Waals surface area contributed by atoms with Gasteiger partial charge in [0, 0.05) is 11.8 Å². The van der Waals surface area contributed by atoms with E-state index >= 15 is 0 Å². The van der Waals surface area contributed by atoms with Crippen LogP contribution in [0.3, 0.4) is 0 Å². The van der Waals surface area contributed by atoms with Gasteiger partial charge in [0.2, 0.25) is 5.78 Å². The van der Waals surface area contributed by atoms with Gasteiger partial charge in [0.15, 0.2) is 5.78 Å². The lowest BCUT2D eigenvalue weighted by atomic mass is 9.80. The second-order valence-corrected chi connectivity index (χ2v) is 5.55. The minimum atomic E-state index is -0.355. The van der Waals surface area contributed by atoms with Crippen molar-refractivity contribution in [3.8, 4) is 5.75 Å². The van der Waals surface area contributed by atoms with Crippen LogP contribution in [0.15, 0.2) is 24.4 Å². The molecule has 1 heterocycles. The van der Waals surface area contributed by atoms with Crippen LogP contribution in [0.4, 0.5) is 0 Å². The fourth-order valence-electron chi connectivity index (χ4n) is 3.34. The molecule has 0 bridgehead atoms. The maximum absolute atomic E-state index is 12.8. The summed E-state index contributed by atoms with van der Waals surface area (Å²) in [5.74, 6) is -0.705. The molecular formula is C17H13NO3. The number of aromatic hydroxyl groups is 1. The summed E-state index contributed by atoms with van der Waals surface area (Å²) in [6.45, 7) is 0. The first-order chi connectivity index (χ1) is 10.2. The third-order valence-corrected chi connectivity index (χ3v) is 4.35. The molecule has 4 nitrogen and oxygen atoms in total. The second-order valence-electron chi connectivity index (χ2n) is 5.55. The highest BCUT2D eigenvalue weighted by Gasteiger charge is 2.35. The van der Waals surface area contributed by atoms with E-state index in [0.717, 1.165) is 36.8 Å². The van der Waals surface area contributed by atoms with Crippen LogP contribution in [-0.2, 0) is 12.8 Å². The van der Waals surface area contributed by atoms with E-state index in [1.54, 1.807) is 18.3 Å². The highest BCUT2D eigenvalue weighted by molar-refractivity contribution is 6.29. The van der Waals surface area contributed by atoms with Gasteiger partial charge in [-0.2, -0.15) is 0 Å². The lowest BCUT2D eigenvalue weighted by Crippen LogP contribution is -2.26. The fraction of sp³-hybridized carbons (Fsp3) is 0.235. The van der Waals surface area contributed by atoms with E-state index < -0.39 is 0 Å². The van der Waals surface area contributed by atoms with Crippen LogP contribution in [0.1, 0.15) is 55.9 Å². The first kappa shape index (κ1) is 12.3. The van der Waals surface area contributed by atoms with Crippen LogP contribution < -0.4 is 0 Å². The number of benzene rings is 1. The van der Waals surface area contributed by atoms with Crippen molar-refractivity contribution < 1.29 is 14.7 Å². The average molecular weight is 279 g/mol. The smallest absolute Gasteiger partial charge is 0.216 e. The molecule has 2 aliphatic carbocycles. The largest absolute Gasteiger partial charge is 0.507 e. The predicted molar refractivity (Wildman–Crippen MR) is 75.9 cm³/mol. The van der Waals surface area contributed by atoms with Crippen molar-refractivity contribution in [3.05, 3.63) is 57.9 Å². The zero-order valence-electron chi connectivity index (χ0n) is 11.3. The first-order valence-corrected chi connectivity index (χ1v) is 7.10. The van der Waals surface area contributed by atoms with Crippen LogP contribution in [-0.4, -0.2) is 21.7 Å². The summed E-state index contributed by atoms with van der Waals surface area (Å²) in [4.78, 5) is 29.6. The summed E-state index contributed by atoms with van der Waals surface area (Å²) in [5.41, 5.74) is 3.06. The third-order valence-electron chi connectivity index (χ3n) is 4.35. The Hall–Kier alpha value is -2.49. The Labute approximate surface area is 121 Å². The molecule has 21 heavy (non-hydrogen) atoms. The Kier molecular flexibility index (Phi) is 2.48. The van der Waals surface area contributed by atoms with Crippen LogP contribution in [0.5, 0.6) is 5.75 Å². The van der Waals surface area contributed by atoms with Gasteiger partial charge < -0.3 is 5.11 Å². The van der Waals surface area contributed by atoms with Gasteiger partial charge in [0.25, 0.3) is 0 Å². The predicted octanol–water partition coefficient (Wildman–Crippen LogP) is 2.44. The third kappa shape index (κ3) is 1.59. The summed E-state index contributed by atoms with van der Waals surface area (Å²) in [5, 5.41) is 9.91. The lowest BCUT2D eigenvalue weighted by Gasteiger charge is -2.24. The molecule has 2 aromatic rings. The molecule has 0 aliphatic heterocycles. The fourth-order valence-corrected chi connectivity index (χ4v) is 3.34. The Bertz CT molecular complexity index is 808. The zero-order chi connectivity index (χ0) is 14.6. The number of phenols is 1. The molecule has 0 fully saturated rings. The van der Waals surface area contributed by atoms with E-state index in [1.165, 1.54) is 6.07 Å². The maximum Gasteiger partial charge on any atom is 0.216 e. The number of hydrogen-bond acceptors (Lipinski definition) is 4. The number of phenolic OH excluding ortho intramolecular Hbond substituents is 1. The molecule has 1 aromatic carbocycles. The average Bonchev–Trinajstić information content (AvgIpc) is 2.51. The molecule has 0 spiro atoms. The summed E-state index contributed by atoms with van der Waals surface area (Å²) in [7, 11) is 0. The van der Waals surface area contributed by atoms with Gasteiger partial charge in [0.1, 0.15) is 11.4 Å². The normalized spacial score (nSPS) is 16.2. The van der Waals surface area contributed by atoms with Crippen molar-refractivity contribution in [2.75, 3.05) is 0 Å². The number of rotatable bonds is 0. The number of ketones is 2. The van der Waals surface area contributed by atoms with Crippen LogP contribution >= 0.6 is 0 Å². The number of fused-ring (bicyclic) bond motifs is 4. The summed E-state index contributed by atoms with van der Waals surface area (Å²) >= 11 is 0. The first-order valence-electron chi connectivity index (χ1n) is 7.10. The SMILES string of the molecule is O=C1c2ncc3c(c2C(=O)c2cccc(O)c21)CCCC3. The number of carbonyl (C=O) groups excluding carboxylic acids is 2. The molecule has 4 heteroatoms. The van der Waals surface area contributed by atoms with E-state index in [1.807, 2.05) is 0 Å². The van der Waals surface area contributed by atoms with Gasteiger partial charge >= 0.3 is 0 Å². The monoisotopic (exact) mass is 279 g/mol. The van der Waals surface area contributed by atoms with E-state index in [-0.39, 0.29) is 34.1 Å². The van der Waals surface area contributed by atoms with Gasteiger partial charge in [0.05, 0.1) is 11.1 Å². The molecular weight excluding hydrogens is 266 g/mol. The molecule has 2 aliphatic rings. The van der Waals surface area contributed by atoms with Gasteiger partial charge in [-0.25, -0.2) is 0 Å². The molecule has 0 unspecified atom stereocenters. The van der Waals surface area contributed by atoms with Crippen molar-refractivity contribution in [2.45, 2.75) is 25.7 Å². The molecule has 1 aromatic heterocycles.